The Kier molecular flexibility index (Phi) is 6.30. The first kappa shape index (κ1) is 16.5. The highest BCUT2D eigenvalue weighted by Crippen LogP contribution is 2.26. The number of aryl methyl sites for hydroxylation is 1. The van der Waals surface area contributed by atoms with Gasteiger partial charge in [-0.2, -0.15) is 0 Å². The van der Waals surface area contributed by atoms with Gasteiger partial charge in [0, 0.05) is 19.2 Å². The lowest BCUT2D eigenvalue weighted by molar-refractivity contribution is 0.0760. The smallest absolute Gasteiger partial charge is 0.134 e. The molecule has 0 fully saturated rings. The minimum absolute atomic E-state index is 0.0109. The van der Waals surface area contributed by atoms with Crippen molar-refractivity contribution in [2.24, 2.45) is 0 Å². The van der Waals surface area contributed by atoms with E-state index >= 15 is 0 Å². The maximum absolute atomic E-state index is 6.00. The maximum Gasteiger partial charge on any atom is 0.134 e. The first-order chi connectivity index (χ1) is 8.81. The van der Waals surface area contributed by atoms with E-state index in [1.807, 2.05) is 12.1 Å². The van der Waals surface area contributed by atoms with Gasteiger partial charge >= 0.3 is 0 Å². The van der Waals surface area contributed by atoms with Gasteiger partial charge in [0.1, 0.15) is 11.9 Å². The van der Waals surface area contributed by atoms with Crippen LogP contribution in [0.3, 0.4) is 0 Å². The zero-order valence-corrected chi connectivity index (χ0v) is 14.0. The Morgan fingerprint density at radius 2 is 2.00 bits per heavy atom. The molecule has 108 valence electrons. The maximum atomic E-state index is 6.00. The van der Waals surface area contributed by atoms with Crippen LogP contribution in [0.4, 0.5) is 0 Å². The number of hydrogen-bond donors (Lipinski definition) is 1. The molecule has 4 heteroatoms. The Bertz CT molecular complexity index is 402. The minimum Gasteiger partial charge on any atom is -0.486 e. The van der Waals surface area contributed by atoms with E-state index in [4.69, 9.17) is 9.47 Å². The van der Waals surface area contributed by atoms with Crippen molar-refractivity contribution in [2.45, 2.75) is 39.3 Å². The molecule has 0 saturated carbocycles. The lowest BCUT2D eigenvalue weighted by Crippen LogP contribution is -2.44. The van der Waals surface area contributed by atoms with Crippen molar-refractivity contribution in [3.63, 3.8) is 0 Å². The summed E-state index contributed by atoms with van der Waals surface area (Å²) >= 11 is 3.53. The van der Waals surface area contributed by atoms with Crippen LogP contribution in [-0.2, 0) is 4.74 Å². The molecule has 0 spiro atoms. The highest BCUT2D eigenvalue weighted by Gasteiger charge is 2.16. The number of ether oxygens (including phenoxy) is 2. The van der Waals surface area contributed by atoms with Gasteiger partial charge in [0.15, 0.2) is 0 Å². The van der Waals surface area contributed by atoms with Crippen LogP contribution in [-0.4, -0.2) is 31.9 Å². The fourth-order valence-corrected chi connectivity index (χ4v) is 2.21. The number of rotatable bonds is 6. The van der Waals surface area contributed by atoms with Crippen molar-refractivity contribution >= 4 is 15.9 Å². The van der Waals surface area contributed by atoms with Crippen LogP contribution in [0, 0.1) is 6.92 Å². The molecule has 1 aromatic rings. The van der Waals surface area contributed by atoms with E-state index in [0.29, 0.717) is 6.61 Å². The third-order valence-electron chi connectivity index (χ3n) is 2.59. The Morgan fingerprint density at radius 3 is 2.53 bits per heavy atom. The van der Waals surface area contributed by atoms with E-state index in [1.54, 1.807) is 7.11 Å². The van der Waals surface area contributed by atoms with Crippen molar-refractivity contribution < 1.29 is 9.47 Å². The standard InChI is InChI=1S/C15H24BrNO2/c1-11-6-7-14(13(16)8-11)19-12(10-18-5)9-17-15(2,3)4/h6-8,12,17H,9-10H2,1-5H3. The number of methoxy groups -OCH3 is 1. The van der Waals surface area contributed by atoms with Crippen molar-refractivity contribution in [1.29, 1.82) is 0 Å². The normalized spacial score (nSPS) is 13.4. The molecule has 1 atom stereocenters. The third-order valence-corrected chi connectivity index (χ3v) is 3.21. The summed E-state index contributed by atoms with van der Waals surface area (Å²) in [5.41, 5.74) is 1.27. The molecule has 0 saturated heterocycles. The summed E-state index contributed by atoms with van der Waals surface area (Å²) in [5, 5.41) is 3.44. The van der Waals surface area contributed by atoms with Crippen LogP contribution in [0.15, 0.2) is 22.7 Å². The summed E-state index contributed by atoms with van der Waals surface area (Å²) in [6.07, 6.45) is -0.0109. The average Bonchev–Trinajstić information content (AvgIpc) is 2.28. The van der Waals surface area contributed by atoms with E-state index in [-0.39, 0.29) is 11.6 Å². The quantitative estimate of drug-likeness (QED) is 0.865. The van der Waals surface area contributed by atoms with E-state index in [1.165, 1.54) is 5.56 Å². The Balaban J connectivity index is 2.67. The van der Waals surface area contributed by atoms with E-state index in [0.717, 1.165) is 16.8 Å². The number of halogens is 1. The molecule has 0 aliphatic rings. The second kappa shape index (κ2) is 7.27. The predicted octanol–water partition coefficient (Wildman–Crippen LogP) is 3.54. The van der Waals surface area contributed by atoms with Crippen LogP contribution in [0.5, 0.6) is 5.75 Å². The van der Waals surface area contributed by atoms with Crippen LogP contribution in [0.25, 0.3) is 0 Å². The molecule has 0 radical (unpaired) electrons. The van der Waals surface area contributed by atoms with Gasteiger partial charge < -0.3 is 14.8 Å². The van der Waals surface area contributed by atoms with E-state index in [2.05, 4.69) is 55.0 Å². The second-order valence-electron chi connectivity index (χ2n) is 5.76. The van der Waals surface area contributed by atoms with Gasteiger partial charge in [0.2, 0.25) is 0 Å². The Labute approximate surface area is 124 Å². The Hall–Kier alpha value is -0.580. The average molecular weight is 330 g/mol. The zero-order chi connectivity index (χ0) is 14.5. The summed E-state index contributed by atoms with van der Waals surface area (Å²) in [4.78, 5) is 0. The molecule has 0 aromatic heterocycles. The van der Waals surface area contributed by atoms with Gasteiger partial charge in [-0.15, -0.1) is 0 Å². The van der Waals surface area contributed by atoms with Gasteiger partial charge in [-0.1, -0.05) is 6.07 Å². The summed E-state index contributed by atoms with van der Waals surface area (Å²) < 4.78 is 12.2. The molecular weight excluding hydrogens is 306 g/mol. The molecule has 0 aliphatic carbocycles. The van der Waals surface area contributed by atoms with Crippen LogP contribution >= 0.6 is 15.9 Å². The summed E-state index contributed by atoms with van der Waals surface area (Å²) in [7, 11) is 1.69. The number of nitrogens with one attached hydrogen (secondary N) is 1. The van der Waals surface area contributed by atoms with Crippen LogP contribution in [0.1, 0.15) is 26.3 Å². The Morgan fingerprint density at radius 1 is 1.32 bits per heavy atom. The second-order valence-corrected chi connectivity index (χ2v) is 6.61. The molecule has 0 aliphatic heterocycles. The van der Waals surface area contributed by atoms with Crippen molar-refractivity contribution in [3.8, 4) is 5.75 Å². The lowest BCUT2D eigenvalue weighted by atomic mass is 10.1. The van der Waals surface area contributed by atoms with Gasteiger partial charge in [0.25, 0.3) is 0 Å². The monoisotopic (exact) mass is 329 g/mol. The number of hydrogen-bond acceptors (Lipinski definition) is 3. The molecular formula is C15H24BrNO2. The molecule has 0 bridgehead atoms. The highest BCUT2D eigenvalue weighted by molar-refractivity contribution is 9.10. The molecule has 1 N–H and O–H groups in total. The molecule has 0 amide bonds. The fourth-order valence-electron chi connectivity index (χ4n) is 1.62. The van der Waals surface area contributed by atoms with E-state index in [9.17, 15) is 0 Å². The van der Waals surface area contributed by atoms with Crippen molar-refractivity contribution in [1.82, 2.24) is 5.32 Å². The highest BCUT2D eigenvalue weighted by atomic mass is 79.9. The van der Waals surface area contributed by atoms with E-state index < -0.39 is 0 Å². The summed E-state index contributed by atoms with van der Waals surface area (Å²) in [5.74, 6) is 0.850. The summed E-state index contributed by atoms with van der Waals surface area (Å²) in [6, 6.07) is 6.08. The first-order valence-corrected chi connectivity index (χ1v) is 7.28. The molecule has 1 aromatic carbocycles. The zero-order valence-electron chi connectivity index (χ0n) is 12.4. The fraction of sp³-hybridized carbons (Fsp3) is 0.600. The first-order valence-electron chi connectivity index (χ1n) is 6.48. The summed E-state index contributed by atoms with van der Waals surface area (Å²) in [6.45, 7) is 9.78. The number of benzene rings is 1. The lowest BCUT2D eigenvalue weighted by Gasteiger charge is -2.26. The largest absolute Gasteiger partial charge is 0.486 e. The van der Waals surface area contributed by atoms with Crippen LogP contribution < -0.4 is 10.1 Å². The van der Waals surface area contributed by atoms with Crippen molar-refractivity contribution in [2.75, 3.05) is 20.3 Å². The van der Waals surface area contributed by atoms with Crippen molar-refractivity contribution in [3.05, 3.63) is 28.2 Å². The SMILES string of the molecule is COCC(CNC(C)(C)C)Oc1ccc(C)cc1Br. The molecule has 19 heavy (non-hydrogen) atoms. The molecule has 1 rings (SSSR count). The molecule has 1 unspecified atom stereocenters. The molecule has 3 nitrogen and oxygen atoms in total. The minimum atomic E-state index is -0.0109. The van der Waals surface area contributed by atoms with Gasteiger partial charge in [-0.25, -0.2) is 0 Å². The van der Waals surface area contributed by atoms with Gasteiger partial charge in [-0.3, -0.25) is 0 Å². The van der Waals surface area contributed by atoms with Gasteiger partial charge in [-0.05, 0) is 61.3 Å². The molecule has 0 heterocycles. The topological polar surface area (TPSA) is 30.5 Å². The third kappa shape index (κ3) is 6.41. The predicted molar refractivity (Wildman–Crippen MR) is 82.9 cm³/mol. The van der Waals surface area contributed by atoms with Gasteiger partial charge in [0.05, 0.1) is 11.1 Å². The van der Waals surface area contributed by atoms with Crippen LogP contribution in [0.2, 0.25) is 0 Å².